The van der Waals surface area contributed by atoms with Crippen LogP contribution in [0.5, 0.6) is 0 Å². The summed E-state index contributed by atoms with van der Waals surface area (Å²) in [4.78, 5) is 13.7. The molecule has 0 aromatic heterocycles. The fourth-order valence-electron chi connectivity index (χ4n) is 1.86. The Morgan fingerprint density at radius 1 is 1.47 bits per heavy atom. The van der Waals surface area contributed by atoms with E-state index in [9.17, 15) is 4.79 Å². The summed E-state index contributed by atoms with van der Waals surface area (Å²) in [6.07, 6.45) is 1.20. The molecule has 4 nitrogen and oxygen atoms in total. The normalized spacial score (nSPS) is 26.9. The van der Waals surface area contributed by atoms with E-state index in [0.29, 0.717) is 24.2 Å². The molecule has 15 heavy (non-hydrogen) atoms. The quantitative estimate of drug-likeness (QED) is 0.737. The first-order valence-corrected chi connectivity index (χ1v) is 6.59. The molecule has 1 atom stereocenters. The summed E-state index contributed by atoms with van der Waals surface area (Å²) >= 11 is 1.79. The number of nitrogens with zero attached hydrogens (tertiary/aromatic N) is 1. The highest BCUT2D eigenvalue weighted by Crippen LogP contribution is 2.17. The first-order chi connectivity index (χ1) is 7.36. The average Bonchev–Trinajstić information content (AvgIpc) is 2.80. The monoisotopic (exact) mass is 230 g/mol. The van der Waals surface area contributed by atoms with E-state index >= 15 is 0 Å². The lowest BCUT2D eigenvalue weighted by molar-refractivity contribution is -0.132. The molecule has 1 unspecified atom stereocenters. The summed E-state index contributed by atoms with van der Waals surface area (Å²) in [5, 5.41) is 3.94. The number of hydrogen-bond donors (Lipinski definition) is 1. The number of ether oxygens (including phenoxy) is 1. The maximum absolute atomic E-state index is 11.8. The predicted octanol–water partition coefficient (Wildman–Crippen LogP) is -0.0597. The Labute approximate surface area is 94.7 Å². The second-order valence-corrected chi connectivity index (χ2v) is 5.21. The Kier molecular flexibility index (Phi) is 4.29. The summed E-state index contributed by atoms with van der Waals surface area (Å²) in [5.74, 6) is 0.905. The number of morpholine rings is 1. The van der Waals surface area contributed by atoms with Crippen molar-refractivity contribution in [2.24, 2.45) is 0 Å². The van der Waals surface area contributed by atoms with Crippen molar-refractivity contribution in [2.75, 3.05) is 45.1 Å². The molecule has 0 radical (unpaired) electrons. The second-order valence-electron chi connectivity index (χ2n) is 3.92. The summed E-state index contributed by atoms with van der Waals surface area (Å²) in [7, 11) is 0. The number of nitrogens with one attached hydrogen (secondary N) is 1. The molecule has 0 aromatic carbocycles. The fourth-order valence-corrected chi connectivity index (χ4v) is 2.94. The van der Waals surface area contributed by atoms with Gasteiger partial charge in [-0.2, -0.15) is 0 Å². The van der Waals surface area contributed by atoms with Crippen LogP contribution in [0.15, 0.2) is 0 Å². The highest BCUT2D eigenvalue weighted by molar-refractivity contribution is 8.00. The zero-order valence-electron chi connectivity index (χ0n) is 8.91. The van der Waals surface area contributed by atoms with Crippen molar-refractivity contribution in [1.82, 2.24) is 10.2 Å². The first kappa shape index (κ1) is 11.2. The molecule has 0 aliphatic carbocycles. The Bertz CT molecular complexity index is 213. The van der Waals surface area contributed by atoms with Crippen LogP contribution in [0.4, 0.5) is 0 Å². The van der Waals surface area contributed by atoms with Crippen LogP contribution in [0.25, 0.3) is 0 Å². The van der Waals surface area contributed by atoms with Gasteiger partial charge in [-0.3, -0.25) is 4.79 Å². The zero-order valence-corrected chi connectivity index (χ0v) is 9.72. The van der Waals surface area contributed by atoms with Gasteiger partial charge in [0.15, 0.2) is 0 Å². The highest BCUT2D eigenvalue weighted by Gasteiger charge is 2.20. The summed E-state index contributed by atoms with van der Waals surface area (Å²) in [6, 6.07) is 0. The van der Waals surface area contributed by atoms with Gasteiger partial charge in [0.25, 0.3) is 0 Å². The summed E-state index contributed by atoms with van der Waals surface area (Å²) in [5.41, 5.74) is 0. The smallest absolute Gasteiger partial charge is 0.232 e. The van der Waals surface area contributed by atoms with E-state index in [1.165, 1.54) is 6.42 Å². The van der Waals surface area contributed by atoms with Crippen molar-refractivity contribution in [2.45, 2.75) is 11.7 Å². The molecule has 2 aliphatic rings. The van der Waals surface area contributed by atoms with E-state index in [4.69, 9.17) is 4.74 Å². The van der Waals surface area contributed by atoms with Crippen LogP contribution >= 0.6 is 11.8 Å². The summed E-state index contributed by atoms with van der Waals surface area (Å²) in [6.45, 7) is 5.08. The fraction of sp³-hybridized carbons (Fsp3) is 0.900. The molecule has 2 heterocycles. The first-order valence-electron chi connectivity index (χ1n) is 5.54. The Balaban J connectivity index is 1.66. The van der Waals surface area contributed by atoms with Crippen LogP contribution < -0.4 is 5.32 Å². The van der Waals surface area contributed by atoms with Crippen LogP contribution in [0.1, 0.15) is 6.42 Å². The van der Waals surface area contributed by atoms with Crippen molar-refractivity contribution >= 4 is 17.7 Å². The number of thioether (sulfide) groups is 1. The van der Waals surface area contributed by atoms with Crippen molar-refractivity contribution in [3.05, 3.63) is 0 Å². The maximum Gasteiger partial charge on any atom is 0.232 e. The van der Waals surface area contributed by atoms with Gasteiger partial charge in [-0.1, -0.05) is 0 Å². The van der Waals surface area contributed by atoms with Gasteiger partial charge in [0.05, 0.1) is 19.0 Å². The molecular weight excluding hydrogens is 212 g/mol. The van der Waals surface area contributed by atoms with Gasteiger partial charge in [-0.05, 0) is 13.0 Å². The van der Waals surface area contributed by atoms with Crippen LogP contribution in [-0.4, -0.2) is 61.2 Å². The van der Waals surface area contributed by atoms with E-state index in [1.54, 1.807) is 11.8 Å². The molecule has 0 aromatic rings. The molecule has 86 valence electrons. The van der Waals surface area contributed by atoms with Crippen molar-refractivity contribution in [1.29, 1.82) is 0 Å². The molecule has 2 fully saturated rings. The largest absolute Gasteiger partial charge is 0.378 e. The van der Waals surface area contributed by atoms with E-state index in [2.05, 4.69) is 5.32 Å². The third kappa shape index (κ3) is 3.36. The third-order valence-corrected chi connectivity index (χ3v) is 4.11. The number of carbonyl (C=O) groups excluding carboxylic acids is 1. The molecule has 0 bridgehead atoms. The minimum Gasteiger partial charge on any atom is -0.378 e. The van der Waals surface area contributed by atoms with Gasteiger partial charge >= 0.3 is 0 Å². The molecule has 2 rings (SSSR count). The molecule has 5 heteroatoms. The van der Waals surface area contributed by atoms with Crippen LogP contribution in [0.2, 0.25) is 0 Å². The Morgan fingerprint density at radius 3 is 2.93 bits per heavy atom. The number of hydrogen-bond acceptors (Lipinski definition) is 4. The van der Waals surface area contributed by atoms with Gasteiger partial charge in [-0.25, -0.2) is 0 Å². The van der Waals surface area contributed by atoms with Crippen LogP contribution in [0.3, 0.4) is 0 Å². The number of rotatable bonds is 3. The molecular formula is C10H18N2O2S. The zero-order chi connectivity index (χ0) is 10.5. The average molecular weight is 230 g/mol. The number of carbonyl (C=O) groups is 1. The van der Waals surface area contributed by atoms with E-state index in [1.807, 2.05) is 4.90 Å². The lowest BCUT2D eigenvalue weighted by atomic mass is 10.4. The highest BCUT2D eigenvalue weighted by atomic mass is 32.2. The van der Waals surface area contributed by atoms with Crippen molar-refractivity contribution < 1.29 is 9.53 Å². The molecule has 1 amide bonds. The minimum atomic E-state index is 0.273. The molecule has 2 aliphatic heterocycles. The minimum absolute atomic E-state index is 0.273. The Hall–Kier alpha value is -0.260. The van der Waals surface area contributed by atoms with Gasteiger partial charge < -0.3 is 15.0 Å². The van der Waals surface area contributed by atoms with Crippen LogP contribution in [0, 0.1) is 0 Å². The van der Waals surface area contributed by atoms with E-state index < -0.39 is 0 Å². The number of amides is 1. The maximum atomic E-state index is 11.8. The lowest BCUT2D eigenvalue weighted by Crippen LogP contribution is -2.41. The van der Waals surface area contributed by atoms with Crippen molar-refractivity contribution in [3.63, 3.8) is 0 Å². The van der Waals surface area contributed by atoms with Gasteiger partial charge in [0.1, 0.15) is 0 Å². The second kappa shape index (κ2) is 5.72. The van der Waals surface area contributed by atoms with Crippen molar-refractivity contribution in [3.8, 4) is 0 Å². The lowest BCUT2D eigenvalue weighted by Gasteiger charge is -2.27. The van der Waals surface area contributed by atoms with Crippen LogP contribution in [-0.2, 0) is 9.53 Å². The molecule has 0 spiro atoms. The van der Waals surface area contributed by atoms with Gasteiger partial charge in [0.2, 0.25) is 5.91 Å². The molecule has 1 N–H and O–H groups in total. The third-order valence-electron chi connectivity index (χ3n) is 2.82. The standard InChI is InChI=1S/C10H18N2O2S/c13-10(12-3-5-14-6-4-12)8-15-9-1-2-11-7-9/h9,11H,1-8H2. The van der Waals surface area contributed by atoms with Gasteiger partial charge in [-0.15, -0.1) is 11.8 Å². The van der Waals surface area contributed by atoms with E-state index in [0.717, 1.165) is 26.2 Å². The predicted molar refractivity (Wildman–Crippen MR) is 61.1 cm³/mol. The Morgan fingerprint density at radius 2 is 2.27 bits per heavy atom. The van der Waals surface area contributed by atoms with Gasteiger partial charge in [0, 0.05) is 24.9 Å². The SMILES string of the molecule is O=C(CSC1CCNC1)N1CCOCC1. The molecule has 2 saturated heterocycles. The topological polar surface area (TPSA) is 41.6 Å². The van der Waals surface area contributed by atoms with E-state index in [-0.39, 0.29) is 5.91 Å². The summed E-state index contributed by atoms with van der Waals surface area (Å²) < 4.78 is 5.22. The molecule has 0 saturated carbocycles.